The Morgan fingerprint density at radius 2 is 1.52 bits per heavy atom. The number of carbonyl (C=O) groups excluding carboxylic acids is 2. The minimum absolute atomic E-state index is 0.171. The van der Waals surface area contributed by atoms with E-state index >= 15 is 0 Å². The highest BCUT2D eigenvalue weighted by Gasteiger charge is 2.52. The Hall–Kier alpha value is -3.23. The van der Waals surface area contributed by atoms with Crippen LogP contribution >= 0.6 is 12.6 Å². The molecule has 0 spiro atoms. The highest BCUT2D eigenvalue weighted by molar-refractivity contribution is 7.80. The van der Waals surface area contributed by atoms with Gasteiger partial charge in [0, 0.05) is 0 Å². The number of ether oxygens (including phenoxy) is 1. The van der Waals surface area contributed by atoms with Crippen LogP contribution in [0.25, 0.3) is 0 Å². The molecule has 0 saturated heterocycles. The molecular formula is C34H44N2O4SSi. The third kappa shape index (κ3) is 7.21. The Kier molecular flexibility index (Phi) is 9.78. The highest BCUT2D eigenvalue weighted by atomic mass is 32.1. The molecule has 42 heavy (non-hydrogen) atoms. The maximum Gasteiger partial charge on any atom is 0.408 e. The van der Waals surface area contributed by atoms with E-state index in [9.17, 15) is 9.59 Å². The van der Waals surface area contributed by atoms with Gasteiger partial charge in [0.2, 0.25) is 5.91 Å². The maximum absolute atomic E-state index is 13.4. The predicted octanol–water partition coefficient (Wildman–Crippen LogP) is 5.94. The number of amides is 2. The molecule has 0 aliphatic heterocycles. The Morgan fingerprint density at radius 1 is 0.929 bits per heavy atom. The van der Waals surface area contributed by atoms with E-state index in [1.807, 2.05) is 12.1 Å². The van der Waals surface area contributed by atoms with Crippen LogP contribution in [0.3, 0.4) is 0 Å². The van der Waals surface area contributed by atoms with Crippen molar-refractivity contribution in [3.8, 4) is 5.75 Å². The molecular weight excluding hydrogens is 561 g/mol. The lowest BCUT2D eigenvalue weighted by molar-refractivity contribution is -0.124. The van der Waals surface area contributed by atoms with Gasteiger partial charge in [0.25, 0.3) is 0 Å². The second-order valence-corrected chi connectivity index (χ2v) is 17.6. The summed E-state index contributed by atoms with van der Waals surface area (Å²) < 4.78 is 12.6. The van der Waals surface area contributed by atoms with Crippen molar-refractivity contribution in [3.63, 3.8) is 0 Å². The summed E-state index contributed by atoms with van der Waals surface area (Å²) in [6.07, 6.45) is 1.42. The van der Waals surface area contributed by atoms with E-state index in [0.29, 0.717) is 12.2 Å². The lowest BCUT2D eigenvalue weighted by Crippen LogP contribution is -2.68. The largest absolute Gasteiger partial charge is 0.534 e. The Morgan fingerprint density at radius 3 is 2.05 bits per heavy atom. The van der Waals surface area contributed by atoms with Gasteiger partial charge in [0.1, 0.15) is 17.4 Å². The van der Waals surface area contributed by atoms with E-state index < -0.39 is 26.1 Å². The number of rotatable bonds is 9. The fraction of sp³-hybridized carbons (Fsp3) is 0.412. The van der Waals surface area contributed by atoms with E-state index in [4.69, 9.17) is 9.16 Å². The number of fused-ring (bicyclic) bond motifs is 1. The zero-order valence-corrected chi connectivity index (χ0v) is 27.5. The van der Waals surface area contributed by atoms with Crippen LogP contribution in [0.15, 0.2) is 78.9 Å². The molecule has 2 N–H and O–H groups in total. The number of carbonyl (C=O) groups is 2. The van der Waals surface area contributed by atoms with E-state index in [0.717, 1.165) is 24.2 Å². The number of nitrogens with one attached hydrogen (secondary N) is 2. The summed E-state index contributed by atoms with van der Waals surface area (Å²) in [5.41, 5.74) is 1.60. The molecule has 0 heterocycles. The molecule has 2 unspecified atom stereocenters. The van der Waals surface area contributed by atoms with Crippen LogP contribution in [0.1, 0.15) is 71.6 Å². The molecule has 1 aliphatic carbocycles. The van der Waals surface area contributed by atoms with Crippen LogP contribution in [-0.4, -0.2) is 37.7 Å². The van der Waals surface area contributed by atoms with E-state index in [-0.39, 0.29) is 17.0 Å². The number of benzene rings is 3. The van der Waals surface area contributed by atoms with Crippen molar-refractivity contribution in [1.82, 2.24) is 10.6 Å². The highest BCUT2D eigenvalue weighted by Crippen LogP contribution is 2.40. The first-order chi connectivity index (χ1) is 19.8. The van der Waals surface area contributed by atoms with Gasteiger partial charge >= 0.3 is 14.4 Å². The monoisotopic (exact) mass is 604 g/mol. The molecule has 3 aromatic rings. The summed E-state index contributed by atoms with van der Waals surface area (Å²) in [6.45, 7) is 12.2. The van der Waals surface area contributed by atoms with Gasteiger partial charge in [-0.1, -0.05) is 87.5 Å². The third-order valence-electron chi connectivity index (χ3n) is 7.62. The van der Waals surface area contributed by atoms with Crippen LogP contribution in [0.4, 0.5) is 4.79 Å². The van der Waals surface area contributed by atoms with Gasteiger partial charge in [-0.2, -0.15) is 12.6 Å². The average Bonchev–Trinajstić information content (AvgIpc) is 3.32. The van der Waals surface area contributed by atoms with Gasteiger partial charge in [-0.3, -0.25) is 4.79 Å². The molecule has 0 fully saturated rings. The number of aryl methyl sites for hydroxylation is 1. The van der Waals surface area contributed by atoms with Crippen LogP contribution in [0, 0.1) is 0 Å². The fourth-order valence-electron chi connectivity index (χ4n) is 5.74. The molecule has 3 aromatic carbocycles. The van der Waals surface area contributed by atoms with Gasteiger partial charge in [0.15, 0.2) is 0 Å². The minimum Gasteiger partial charge on any atom is -0.534 e. The number of hydrogen-bond acceptors (Lipinski definition) is 5. The first kappa shape index (κ1) is 31.7. The smallest absolute Gasteiger partial charge is 0.408 e. The van der Waals surface area contributed by atoms with Crippen LogP contribution in [0.2, 0.25) is 5.04 Å². The van der Waals surface area contributed by atoms with Gasteiger partial charge in [0.05, 0.1) is 6.04 Å². The molecule has 4 rings (SSSR count). The summed E-state index contributed by atoms with van der Waals surface area (Å²) in [5, 5.41) is 8.15. The van der Waals surface area contributed by atoms with Gasteiger partial charge < -0.3 is 19.8 Å². The van der Waals surface area contributed by atoms with Crippen molar-refractivity contribution in [2.24, 2.45) is 0 Å². The second-order valence-electron chi connectivity index (χ2n) is 12.9. The molecule has 0 bridgehead atoms. The molecule has 6 nitrogen and oxygen atoms in total. The van der Waals surface area contributed by atoms with Gasteiger partial charge in [-0.15, -0.1) is 0 Å². The quantitative estimate of drug-likeness (QED) is 0.209. The Bertz CT molecular complexity index is 1330. The predicted molar refractivity (Wildman–Crippen MR) is 176 cm³/mol. The Balaban J connectivity index is 1.63. The van der Waals surface area contributed by atoms with Crippen molar-refractivity contribution >= 4 is 43.3 Å². The molecule has 0 radical (unpaired) electrons. The Labute approximate surface area is 257 Å². The first-order valence-corrected chi connectivity index (χ1v) is 17.2. The standard InChI is InChI=1S/C34H44N2O4SSi/c1-33(2,3)39-32(38)36-30(21-22-41)31(37)35-29-20-18-24-17-19-25(23-28(24)29)40-42(34(4,5)6,26-13-9-7-10-14-26)27-15-11-8-12-16-27/h7-17,19,23,29-30,41H,18,20-22H2,1-6H3,(H,35,37)(H,36,38). The van der Waals surface area contributed by atoms with Crippen molar-refractivity contribution in [3.05, 3.63) is 90.0 Å². The molecule has 8 heteroatoms. The summed E-state index contributed by atoms with van der Waals surface area (Å²) in [7, 11) is -2.80. The lowest BCUT2D eigenvalue weighted by Gasteiger charge is -2.43. The third-order valence-corrected chi connectivity index (χ3v) is 12.8. The van der Waals surface area contributed by atoms with Crippen molar-refractivity contribution < 1.29 is 18.8 Å². The minimum atomic E-state index is -2.80. The molecule has 2 atom stereocenters. The van der Waals surface area contributed by atoms with Crippen LogP contribution in [-0.2, 0) is 16.0 Å². The summed E-state index contributed by atoms with van der Waals surface area (Å²) in [4.78, 5) is 25.8. The van der Waals surface area contributed by atoms with Crippen molar-refractivity contribution in [1.29, 1.82) is 0 Å². The first-order valence-electron chi connectivity index (χ1n) is 14.7. The summed E-state index contributed by atoms with van der Waals surface area (Å²) in [6, 6.07) is 26.5. The SMILES string of the molecule is CC(C)(C)OC(=O)NC(CCS)C(=O)NC1CCc2ccc(O[Si](c3ccccc3)(c3ccccc3)C(C)(C)C)cc21. The lowest BCUT2D eigenvalue weighted by atomic mass is 10.1. The van der Waals surface area contributed by atoms with Gasteiger partial charge in [-0.05, 0) is 84.5 Å². The summed E-state index contributed by atoms with van der Waals surface area (Å²) in [5.74, 6) is 1.00. The zero-order chi connectivity index (χ0) is 30.5. The van der Waals surface area contributed by atoms with Crippen LogP contribution < -0.4 is 25.4 Å². The summed E-state index contributed by atoms with van der Waals surface area (Å²) >= 11 is 4.31. The topological polar surface area (TPSA) is 76.7 Å². The maximum atomic E-state index is 13.4. The average molecular weight is 605 g/mol. The number of hydrogen-bond donors (Lipinski definition) is 3. The van der Waals surface area contributed by atoms with Crippen LogP contribution in [0.5, 0.6) is 5.75 Å². The molecule has 1 aliphatic rings. The second kappa shape index (κ2) is 13.0. The molecule has 2 amide bonds. The number of thiol groups is 1. The molecule has 0 saturated carbocycles. The van der Waals surface area contributed by atoms with Crippen molar-refractivity contribution in [2.45, 2.75) is 83.5 Å². The molecule has 0 aromatic heterocycles. The van der Waals surface area contributed by atoms with E-state index in [1.54, 1.807) is 20.8 Å². The number of alkyl carbamates (subject to hydrolysis) is 1. The zero-order valence-electron chi connectivity index (χ0n) is 25.6. The molecule has 224 valence electrons. The van der Waals surface area contributed by atoms with Crippen molar-refractivity contribution in [2.75, 3.05) is 5.75 Å². The van der Waals surface area contributed by atoms with Gasteiger partial charge in [-0.25, -0.2) is 4.79 Å². The van der Waals surface area contributed by atoms with E-state index in [1.165, 1.54) is 15.9 Å². The fourth-order valence-corrected chi connectivity index (χ4v) is 10.4. The van der Waals surface area contributed by atoms with E-state index in [2.05, 4.69) is 111 Å². The normalized spacial score (nSPS) is 15.8.